The Morgan fingerprint density at radius 2 is 2.29 bits per heavy atom. The molecule has 1 unspecified atom stereocenters. The Hall–Kier alpha value is -0.710. The number of ether oxygens (including phenoxy) is 2. The summed E-state index contributed by atoms with van der Waals surface area (Å²) in [6.45, 7) is 0. The average Bonchev–Trinajstić information content (AvgIpc) is 2.55. The molecule has 2 heterocycles. The topological polar surface area (TPSA) is 93.5 Å². The van der Waals surface area contributed by atoms with Crippen LogP contribution >= 0.6 is 22.6 Å². The summed E-state index contributed by atoms with van der Waals surface area (Å²) in [6, 6.07) is 1.21. The van der Waals surface area contributed by atoms with E-state index in [-0.39, 0.29) is 0 Å². The molecular formula is C9H11IN2O5. The maximum Gasteiger partial charge on any atom is 0.330 e. The molecular weight excluding hydrogens is 343 g/mol. The van der Waals surface area contributed by atoms with E-state index in [1.165, 1.54) is 23.9 Å². The van der Waals surface area contributed by atoms with E-state index in [0.29, 0.717) is 0 Å². The van der Waals surface area contributed by atoms with Crippen LogP contribution in [0.2, 0.25) is 0 Å². The highest BCUT2D eigenvalue weighted by molar-refractivity contribution is 14.1. The van der Waals surface area contributed by atoms with Gasteiger partial charge in [0, 0.05) is 19.4 Å². The van der Waals surface area contributed by atoms with Crippen molar-refractivity contribution in [1.82, 2.24) is 9.55 Å². The average molecular weight is 354 g/mol. The van der Waals surface area contributed by atoms with Crippen LogP contribution in [0.25, 0.3) is 0 Å². The van der Waals surface area contributed by atoms with E-state index in [2.05, 4.69) is 4.98 Å². The molecule has 0 aromatic carbocycles. The molecule has 1 aliphatic rings. The predicted octanol–water partition coefficient (Wildman–Crippen LogP) is -0.798. The number of hydrogen-bond acceptors (Lipinski definition) is 5. The van der Waals surface area contributed by atoms with Gasteiger partial charge in [0.05, 0.1) is 0 Å². The van der Waals surface area contributed by atoms with E-state index < -0.39 is 33.8 Å². The van der Waals surface area contributed by atoms with Crippen LogP contribution in [0.4, 0.5) is 0 Å². The molecule has 7 nitrogen and oxygen atoms in total. The van der Waals surface area contributed by atoms with Gasteiger partial charge in [0.15, 0.2) is 6.23 Å². The lowest BCUT2D eigenvalue weighted by Crippen LogP contribution is -2.38. The zero-order valence-electron chi connectivity index (χ0n) is 8.87. The van der Waals surface area contributed by atoms with E-state index in [0.717, 1.165) is 0 Å². The Morgan fingerprint density at radius 1 is 1.59 bits per heavy atom. The van der Waals surface area contributed by atoms with Gasteiger partial charge in [0.25, 0.3) is 5.56 Å². The van der Waals surface area contributed by atoms with Crippen molar-refractivity contribution < 1.29 is 14.6 Å². The van der Waals surface area contributed by atoms with Crippen molar-refractivity contribution in [2.45, 2.75) is 22.5 Å². The molecule has 94 valence electrons. The summed E-state index contributed by atoms with van der Waals surface area (Å²) in [6.07, 6.45) is -0.912. The van der Waals surface area contributed by atoms with Crippen LogP contribution in [-0.4, -0.2) is 38.1 Å². The van der Waals surface area contributed by atoms with E-state index >= 15 is 0 Å². The third kappa shape index (κ3) is 2.30. The van der Waals surface area contributed by atoms with Gasteiger partial charge in [0.1, 0.15) is 16.3 Å². The highest BCUT2D eigenvalue weighted by atomic mass is 127. The molecule has 4 atom stereocenters. The fourth-order valence-corrected chi connectivity index (χ4v) is 2.43. The number of halogens is 1. The number of nitrogens with one attached hydrogen (secondary N) is 1. The minimum atomic E-state index is -0.829. The molecule has 1 saturated heterocycles. The van der Waals surface area contributed by atoms with Gasteiger partial charge in [-0.15, -0.1) is 0 Å². The minimum Gasteiger partial charge on any atom is -0.387 e. The van der Waals surface area contributed by atoms with Crippen LogP contribution in [0.1, 0.15) is 6.23 Å². The number of aromatic nitrogens is 2. The lowest BCUT2D eigenvalue weighted by Gasteiger charge is -2.19. The predicted molar refractivity (Wildman–Crippen MR) is 66.1 cm³/mol. The molecule has 1 aromatic heterocycles. The second-order valence-electron chi connectivity index (χ2n) is 3.59. The SMILES string of the molecule is COC1[C@@H](O)[C@@H](I)O[C@H]1n1ccc(=O)[nH]c1=O. The Kier molecular flexibility index (Phi) is 3.66. The number of H-pyrrole nitrogens is 1. The molecule has 2 N–H and O–H groups in total. The summed E-state index contributed by atoms with van der Waals surface area (Å²) < 4.78 is 11.3. The number of methoxy groups -OCH3 is 1. The highest BCUT2D eigenvalue weighted by Gasteiger charge is 2.44. The Balaban J connectivity index is 2.40. The third-order valence-electron chi connectivity index (χ3n) is 2.55. The highest BCUT2D eigenvalue weighted by Crippen LogP contribution is 2.33. The number of hydrogen-bond donors (Lipinski definition) is 2. The summed E-state index contributed by atoms with van der Waals surface area (Å²) in [4.78, 5) is 24.7. The molecule has 1 fully saturated rings. The normalized spacial score (nSPS) is 32.9. The molecule has 0 aliphatic carbocycles. The molecule has 8 heteroatoms. The van der Waals surface area contributed by atoms with Crippen LogP contribution < -0.4 is 11.2 Å². The molecule has 1 aromatic rings. The first kappa shape index (κ1) is 12.7. The standard InChI is InChI=1S/C9H11IN2O5/c1-16-6-5(14)7(10)17-8(6)12-3-2-4(13)11-9(12)15/h2-3,5-8,14H,1H3,(H,11,13,15)/t5-,6?,7+,8-/m1/s1. The second-order valence-corrected chi connectivity index (χ2v) is 4.81. The van der Waals surface area contributed by atoms with Crippen LogP contribution in [0.15, 0.2) is 21.9 Å². The largest absolute Gasteiger partial charge is 0.387 e. The molecule has 0 radical (unpaired) electrons. The molecule has 0 bridgehead atoms. The van der Waals surface area contributed by atoms with Crippen molar-refractivity contribution in [2.24, 2.45) is 0 Å². The van der Waals surface area contributed by atoms with Crippen LogP contribution in [0, 0.1) is 0 Å². The van der Waals surface area contributed by atoms with E-state index in [1.54, 1.807) is 0 Å². The molecule has 2 rings (SSSR count). The molecule has 0 amide bonds. The number of rotatable bonds is 2. The van der Waals surface area contributed by atoms with Gasteiger partial charge in [-0.2, -0.15) is 0 Å². The van der Waals surface area contributed by atoms with Crippen molar-refractivity contribution in [2.75, 3.05) is 7.11 Å². The van der Waals surface area contributed by atoms with Crippen molar-refractivity contribution in [1.29, 1.82) is 0 Å². The number of aromatic amines is 1. The van der Waals surface area contributed by atoms with Gasteiger partial charge in [-0.3, -0.25) is 14.3 Å². The fourth-order valence-electron chi connectivity index (χ4n) is 1.72. The molecule has 0 saturated carbocycles. The molecule has 1 aliphatic heterocycles. The Bertz CT molecular complexity index is 513. The molecule has 0 spiro atoms. The Labute approximate surface area is 110 Å². The van der Waals surface area contributed by atoms with E-state index in [4.69, 9.17) is 9.47 Å². The number of aliphatic hydroxyl groups excluding tert-OH is 1. The zero-order chi connectivity index (χ0) is 12.6. The second kappa shape index (κ2) is 4.88. The lowest BCUT2D eigenvalue weighted by molar-refractivity contribution is -0.0461. The summed E-state index contributed by atoms with van der Waals surface area (Å²) in [7, 11) is 1.43. The fraction of sp³-hybridized carbons (Fsp3) is 0.556. The van der Waals surface area contributed by atoms with Gasteiger partial charge < -0.3 is 14.6 Å². The van der Waals surface area contributed by atoms with Gasteiger partial charge in [-0.1, -0.05) is 0 Å². The molecule has 17 heavy (non-hydrogen) atoms. The quantitative estimate of drug-likeness (QED) is 0.536. The summed E-state index contributed by atoms with van der Waals surface area (Å²) in [5, 5.41) is 9.79. The number of aliphatic hydroxyl groups is 1. The lowest BCUT2D eigenvalue weighted by atomic mass is 10.2. The van der Waals surface area contributed by atoms with E-state index in [1.807, 2.05) is 22.6 Å². The third-order valence-corrected chi connectivity index (χ3v) is 3.58. The number of nitrogens with zero attached hydrogens (tertiary/aromatic N) is 1. The van der Waals surface area contributed by atoms with Crippen molar-refractivity contribution in [3.8, 4) is 0 Å². The maximum atomic E-state index is 11.6. The first-order valence-corrected chi connectivity index (χ1v) is 6.11. The first-order valence-electron chi connectivity index (χ1n) is 4.86. The summed E-state index contributed by atoms with van der Waals surface area (Å²) >= 11 is 1.92. The smallest absolute Gasteiger partial charge is 0.330 e. The minimum absolute atomic E-state index is 0.471. The maximum absolute atomic E-state index is 11.6. The van der Waals surface area contributed by atoms with Crippen LogP contribution in [0.3, 0.4) is 0 Å². The van der Waals surface area contributed by atoms with Gasteiger partial charge >= 0.3 is 5.69 Å². The van der Waals surface area contributed by atoms with Crippen molar-refractivity contribution in [3.05, 3.63) is 33.1 Å². The zero-order valence-corrected chi connectivity index (χ0v) is 11.0. The van der Waals surface area contributed by atoms with Crippen LogP contribution in [0.5, 0.6) is 0 Å². The summed E-state index contributed by atoms with van der Waals surface area (Å²) in [5.74, 6) is 0. The van der Waals surface area contributed by atoms with Crippen molar-refractivity contribution in [3.63, 3.8) is 0 Å². The first-order chi connectivity index (χ1) is 8.04. The van der Waals surface area contributed by atoms with Gasteiger partial charge in [-0.25, -0.2) is 4.79 Å². The van der Waals surface area contributed by atoms with Gasteiger partial charge in [-0.05, 0) is 22.6 Å². The van der Waals surface area contributed by atoms with Gasteiger partial charge in [0.2, 0.25) is 0 Å². The van der Waals surface area contributed by atoms with Crippen molar-refractivity contribution >= 4 is 22.6 Å². The van der Waals surface area contributed by atoms with E-state index in [9.17, 15) is 14.7 Å². The summed E-state index contributed by atoms with van der Waals surface area (Å²) in [5.41, 5.74) is -1.08. The van der Waals surface area contributed by atoms with Crippen LogP contribution in [-0.2, 0) is 9.47 Å². The Morgan fingerprint density at radius 3 is 2.88 bits per heavy atom. The monoisotopic (exact) mass is 354 g/mol. The number of alkyl halides is 1.